The van der Waals surface area contributed by atoms with Gasteiger partial charge in [-0.2, -0.15) is 0 Å². The van der Waals surface area contributed by atoms with Crippen LogP contribution in [-0.4, -0.2) is 22.9 Å². The van der Waals surface area contributed by atoms with Gasteiger partial charge in [-0.3, -0.25) is 0 Å². The maximum Gasteiger partial charge on any atom is 0.161 e. The van der Waals surface area contributed by atoms with Crippen LogP contribution < -0.4 is 10.1 Å². The molecule has 4 rings (SSSR count). The van der Waals surface area contributed by atoms with Gasteiger partial charge in [-0.1, -0.05) is 23.8 Å². The van der Waals surface area contributed by atoms with Gasteiger partial charge in [-0.05, 0) is 24.1 Å². The normalized spacial score (nSPS) is 21.7. The summed E-state index contributed by atoms with van der Waals surface area (Å²) in [5, 5.41) is 23.0. The predicted octanol–water partition coefficient (Wildman–Crippen LogP) is 2.98. The fourth-order valence-electron chi connectivity index (χ4n) is 3.40. The number of hydrogen-bond acceptors (Lipinski definition) is 4. The molecule has 4 nitrogen and oxygen atoms in total. The summed E-state index contributed by atoms with van der Waals surface area (Å²) < 4.78 is 5.74. The lowest BCUT2D eigenvalue weighted by Crippen LogP contribution is -2.46. The van der Waals surface area contributed by atoms with E-state index < -0.39 is 0 Å². The first-order valence-corrected chi connectivity index (χ1v) is 7.15. The number of nitrogens with one attached hydrogen (secondary N) is 1. The number of aromatic hydroxyl groups is 2. The summed E-state index contributed by atoms with van der Waals surface area (Å²) in [5.41, 5.74) is 4.72. The van der Waals surface area contributed by atoms with Crippen molar-refractivity contribution < 1.29 is 14.9 Å². The van der Waals surface area contributed by atoms with Crippen LogP contribution in [0, 0.1) is 6.92 Å². The van der Waals surface area contributed by atoms with Gasteiger partial charge in [-0.25, -0.2) is 0 Å². The van der Waals surface area contributed by atoms with Crippen LogP contribution in [0.4, 0.5) is 0 Å². The van der Waals surface area contributed by atoms with Gasteiger partial charge in [0.15, 0.2) is 11.5 Å². The Morgan fingerprint density at radius 3 is 2.68 bits per heavy atom. The third kappa shape index (κ3) is 2.25. The Morgan fingerprint density at radius 1 is 1.09 bits per heavy atom. The maximum atomic E-state index is 9.84. The van der Waals surface area contributed by atoms with Gasteiger partial charge in [0.1, 0.15) is 12.4 Å². The van der Waals surface area contributed by atoms with Crippen molar-refractivity contribution in [3.8, 4) is 17.2 Å². The van der Waals surface area contributed by atoms with Crippen molar-refractivity contribution in [1.29, 1.82) is 0 Å². The van der Waals surface area contributed by atoms with Crippen molar-refractivity contribution in [2.45, 2.75) is 25.4 Å². The first kappa shape index (κ1) is 15.2. The highest BCUT2D eigenvalue weighted by molar-refractivity contribution is 8.93. The number of halogens is 1. The minimum Gasteiger partial charge on any atom is -0.504 e. The van der Waals surface area contributed by atoms with E-state index >= 15 is 0 Å². The molecule has 0 saturated heterocycles. The summed E-state index contributed by atoms with van der Waals surface area (Å²) in [6, 6.07) is 9.81. The summed E-state index contributed by atoms with van der Waals surface area (Å²) in [6.45, 7) is 3.49. The van der Waals surface area contributed by atoms with Crippen LogP contribution in [0.15, 0.2) is 30.3 Å². The number of ether oxygens (including phenoxy) is 1. The summed E-state index contributed by atoms with van der Waals surface area (Å²) in [6.07, 6.45) is 0. The molecule has 5 heteroatoms. The molecule has 0 unspecified atom stereocenters. The van der Waals surface area contributed by atoms with Crippen LogP contribution in [0.1, 0.15) is 28.2 Å². The van der Waals surface area contributed by atoms with E-state index in [1.807, 2.05) is 0 Å². The SMILES string of the molecule is Br.Cc1ccc2c(c1)[C@@H]1c3cc(O)c(O)cc3OC[C@H]1NC2. The van der Waals surface area contributed by atoms with Gasteiger partial charge in [0.2, 0.25) is 0 Å². The molecular formula is C17H18BrNO3. The van der Waals surface area contributed by atoms with Crippen LogP contribution in [0.5, 0.6) is 17.2 Å². The zero-order valence-electron chi connectivity index (χ0n) is 12.2. The summed E-state index contributed by atoms with van der Waals surface area (Å²) in [7, 11) is 0. The molecule has 2 aromatic rings. The Labute approximate surface area is 139 Å². The predicted molar refractivity (Wildman–Crippen MR) is 89.2 cm³/mol. The van der Waals surface area contributed by atoms with Crippen LogP contribution >= 0.6 is 17.0 Å². The highest BCUT2D eigenvalue weighted by Crippen LogP contribution is 2.45. The highest BCUT2D eigenvalue weighted by Gasteiger charge is 2.36. The average Bonchev–Trinajstić information content (AvgIpc) is 2.48. The summed E-state index contributed by atoms with van der Waals surface area (Å²) in [5.74, 6) is 0.560. The number of phenols is 2. The number of benzene rings is 2. The average molecular weight is 364 g/mol. The fraction of sp³-hybridized carbons (Fsp3) is 0.294. The van der Waals surface area contributed by atoms with E-state index in [0.29, 0.717) is 12.4 Å². The van der Waals surface area contributed by atoms with Gasteiger partial charge in [0.25, 0.3) is 0 Å². The molecule has 3 N–H and O–H groups in total. The van der Waals surface area contributed by atoms with E-state index in [-0.39, 0.29) is 40.4 Å². The molecule has 2 heterocycles. The van der Waals surface area contributed by atoms with E-state index in [2.05, 4.69) is 30.4 Å². The van der Waals surface area contributed by atoms with Gasteiger partial charge in [0, 0.05) is 24.1 Å². The molecule has 0 radical (unpaired) electrons. The molecule has 0 saturated carbocycles. The quantitative estimate of drug-likeness (QED) is 0.629. The Bertz CT molecular complexity index is 732. The lowest BCUT2D eigenvalue weighted by atomic mass is 9.78. The molecule has 22 heavy (non-hydrogen) atoms. The van der Waals surface area contributed by atoms with E-state index in [1.54, 1.807) is 6.07 Å². The lowest BCUT2D eigenvalue weighted by Gasteiger charge is -2.39. The monoisotopic (exact) mass is 363 g/mol. The van der Waals surface area contributed by atoms with Gasteiger partial charge >= 0.3 is 0 Å². The van der Waals surface area contributed by atoms with E-state index in [9.17, 15) is 10.2 Å². The molecule has 2 aliphatic rings. The van der Waals surface area contributed by atoms with Crippen LogP contribution in [0.3, 0.4) is 0 Å². The highest BCUT2D eigenvalue weighted by atomic mass is 79.9. The van der Waals surface area contributed by atoms with E-state index in [0.717, 1.165) is 12.1 Å². The smallest absolute Gasteiger partial charge is 0.161 e. The number of aryl methyl sites for hydroxylation is 1. The Hall–Kier alpha value is -1.72. The standard InChI is InChI=1S/C17H17NO3.BrH/c1-9-2-3-10-7-18-13-8-21-16-6-15(20)14(19)5-12(16)17(13)11(10)4-9;/h2-6,13,17-20H,7-8H2,1H3;1H/t13-,17-;/m1./s1. The molecule has 0 bridgehead atoms. The molecule has 2 atom stereocenters. The lowest BCUT2D eigenvalue weighted by molar-refractivity contribution is 0.214. The number of rotatable bonds is 0. The molecule has 2 aliphatic heterocycles. The van der Waals surface area contributed by atoms with Gasteiger partial charge in [0.05, 0.1) is 6.04 Å². The zero-order valence-corrected chi connectivity index (χ0v) is 13.9. The molecule has 116 valence electrons. The second-order valence-corrected chi connectivity index (χ2v) is 5.86. The van der Waals surface area contributed by atoms with Crippen molar-refractivity contribution in [2.24, 2.45) is 0 Å². The molecular weight excluding hydrogens is 346 g/mol. The van der Waals surface area contributed by atoms with E-state index in [1.165, 1.54) is 22.8 Å². The molecule has 0 spiro atoms. The Morgan fingerprint density at radius 2 is 1.86 bits per heavy atom. The molecule has 0 aromatic heterocycles. The number of phenolic OH excluding ortho intramolecular Hbond substituents is 2. The molecule has 2 aromatic carbocycles. The third-order valence-electron chi connectivity index (χ3n) is 4.45. The molecule has 0 aliphatic carbocycles. The van der Waals surface area contributed by atoms with Crippen molar-refractivity contribution in [1.82, 2.24) is 5.32 Å². The fourth-order valence-corrected chi connectivity index (χ4v) is 3.40. The number of fused-ring (bicyclic) bond motifs is 5. The maximum absolute atomic E-state index is 9.84. The second-order valence-electron chi connectivity index (χ2n) is 5.86. The van der Waals surface area contributed by atoms with Gasteiger partial charge < -0.3 is 20.3 Å². The molecule has 0 fully saturated rings. The largest absolute Gasteiger partial charge is 0.504 e. The van der Waals surface area contributed by atoms with Crippen molar-refractivity contribution in [2.75, 3.05) is 6.61 Å². The van der Waals surface area contributed by atoms with Crippen molar-refractivity contribution >= 4 is 17.0 Å². The minimum atomic E-state index is -0.138. The summed E-state index contributed by atoms with van der Waals surface area (Å²) in [4.78, 5) is 0. The van der Waals surface area contributed by atoms with Crippen LogP contribution in [0.2, 0.25) is 0 Å². The first-order valence-electron chi connectivity index (χ1n) is 7.15. The zero-order chi connectivity index (χ0) is 14.6. The topological polar surface area (TPSA) is 61.7 Å². The van der Waals surface area contributed by atoms with Crippen molar-refractivity contribution in [3.05, 3.63) is 52.6 Å². The van der Waals surface area contributed by atoms with Crippen molar-refractivity contribution in [3.63, 3.8) is 0 Å². The van der Waals surface area contributed by atoms with E-state index in [4.69, 9.17) is 4.74 Å². The second kappa shape index (κ2) is 5.48. The summed E-state index contributed by atoms with van der Waals surface area (Å²) >= 11 is 0. The van der Waals surface area contributed by atoms with Crippen LogP contribution in [-0.2, 0) is 6.54 Å². The Kier molecular flexibility index (Phi) is 3.78. The van der Waals surface area contributed by atoms with Gasteiger partial charge in [-0.15, -0.1) is 17.0 Å². The van der Waals surface area contributed by atoms with Crippen LogP contribution in [0.25, 0.3) is 0 Å². The third-order valence-corrected chi connectivity index (χ3v) is 4.45. The molecule has 0 amide bonds. The Balaban J connectivity index is 0.00000144. The minimum absolute atomic E-state index is 0. The first-order chi connectivity index (χ1) is 10.1. The number of hydrogen-bond donors (Lipinski definition) is 3.